The Morgan fingerprint density at radius 1 is 0.920 bits per heavy atom. The minimum atomic E-state index is 0.534. The lowest BCUT2D eigenvalue weighted by Crippen LogP contribution is -2.00. The summed E-state index contributed by atoms with van der Waals surface area (Å²) in [5.41, 5.74) is 4.94. The van der Waals surface area contributed by atoms with Crippen molar-refractivity contribution in [2.24, 2.45) is 0 Å². The summed E-state index contributed by atoms with van der Waals surface area (Å²) in [7, 11) is 0. The van der Waals surface area contributed by atoms with E-state index < -0.39 is 0 Å². The van der Waals surface area contributed by atoms with E-state index in [0.717, 1.165) is 29.3 Å². The number of aromatic nitrogens is 3. The predicted octanol–water partition coefficient (Wildman–Crippen LogP) is 5.71. The summed E-state index contributed by atoms with van der Waals surface area (Å²) in [6, 6.07) is 17.4. The Bertz CT molecular complexity index is 811. The molecule has 130 valence electrons. The van der Waals surface area contributed by atoms with Crippen molar-refractivity contribution in [3.63, 3.8) is 0 Å². The first-order chi connectivity index (χ1) is 12.1. The highest BCUT2D eigenvalue weighted by Crippen LogP contribution is 2.25. The van der Waals surface area contributed by atoms with Crippen molar-refractivity contribution in [2.45, 2.75) is 52.9 Å². The van der Waals surface area contributed by atoms with Crippen molar-refractivity contribution in [1.29, 1.82) is 0 Å². The van der Waals surface area contributed by atoms with Gasteiger partial charge in [-0.15, -0.1) is 10.2 Å². The third kappa shape index (κ3) is 3.81. The van der Waals surface area contributed by atoms with Gasteiger partial charge >= 0.3 is 0 Å². The van der Waals surface area contributed by atoms with E-state index in [-0.39, 0.29) is 0 Å². The monoisotopic (exact) mass is 333 g/mol. The molecule has 0 radical (unpaired) electrons. The lowest BCUT2D eigenvalue weighted by Gasteiger charge is -2.11. The number of unbranched alkanes of at least 4 members (excludes halogenated alkanes) is 1. The molecule has 0 fully saturated rings. The van der Waals surface area contributed by atoms with Crippen LogP contribution in [0.15, 0.2) is 48.5 Å². The predicted molar refractivity (Wildman–Crippen MR) is 104 cm³/mol. The van der Waals surface area contributed by atoms with E-state index in [1.807, 2.05) is 6.92 Å². The quantitative estimate of drug-likeness (QED) is 0.578. The molecule has 0 aliphatic rings. The maximum absolute atomic E-state index is 4.42. The van der Waals surface area contributed by atoms with Crippen LogP contribution < -0.4 is 0 Å². The highest BCUT2D eigenvalue weighted by molar-refractivity contribution is 5.59. The normalized spacial score (nSPS) is 11.2. The molecule has 0 saturated heterocycles. The molecule has 0 aliphatic carbocycles. The number of hydrogen-bond acceptors (Lipinski definition) is 2. The zero-order valence-electron chi connectivity index (χ0n) is 15.7. The molecule has 0 spiro atoms. The number of benzene rings is 2. The molecule has 0 amide bonds. The van der Waals surface area contributed by atoms with Gasteiger partial charge in [0.05, 0.1) is 0 Å². The summed E-state index contributed by atoms with van der Waals surface area (Å²) in [4.78, 5) is 0. The highest BCUT2D eigenvalue weighted by Gasteiger charge is 2.13. The average Bonchev–Trinajstić information content (AvgIpc) is 3.02. The van der Waals surface area contributed by atoms with Gasteiger partial charge in [0, 0.05) is 11.3 Å². The van der Waals surface area contributed by atoms with Gasteiger partial charge in [-0.05, 0) is 48.9 Å². The van der Waals surface area contributed by atoms with Gasteiger partial charge in [0.25, 0.3) is 0 Å². The van der Waals surface area contributed by atoms with Crippen molar-refractivity contribution in [2.75, 3.05) is 0 Å². The van der Waals surface area contributed by atoms with Gasteiger partial charge in [-0.25, -0.2) is 0 Å². The van der Waals surface area contributed by atoms with E-state index >= 15 is 0 Å². The largest absolute Gasteiger partial charge is 0.279 e. The Morgan fingerprint density at radius 2 is 1.60 bits per heavy atom. The average molecular weight is 333 g/mol. The highest BCUT2D eigenvalue weighted by atomic mass is 15.3. The van der Waals surface area contributed by atoms with Crippen LogP contribution in [0.25, 0.3) is 17.1 Å². The molecule has 2 aromatic carbocycles. The third-order valence-electron chi connectivity index (χ3n) is 4.67. The van der Waals surface area contributed by atoms with Crippen molar-refractivity contribution >= 4 is 0 Å². The number of nitrogens with zero attached hydrogens (tertiary/aromatic N) is 3. The maximum Gasteiger partial charge on any atom is 0.168 e. The third-order valence-corrected chi connectivity index (χ3v) is 4.67. The first-order valence-electron chi connectivity index (χ1n) is 9.21. The zero-order chi connectivity index (χ0) is 17.8. The Labute approximate surface area is 150 Å². The molecule has 3 rings (SSSR count). The summed E-state index contributed by atoms with van der Waals surface area (Å²) in [6.45, 7) is 8.65. The molecule has 3 nitrogen and oxygen atoms in total. The van der Waals surface area contributed by atoms with Gasteiger partial charge < -0.3 is 0 Å². The SMILES string of the molecule is CCCCc1ccc(-c2nnc(C)n2-c2ccc(C(C)C)cc2)cc1. The molecular weight excluding hydrogens is 306 g/mol. The fourth-order valence-electron chi connectivity index (χ4n) is 3.07. The van der Waals surface area contributed by atoms with Crippen LogP contribution in [-0.4, -0.2) is 14.8 Å². The molecule has 25 heavy (non-hydrogen) atoms. The minimum Gasteiger partial charge on any atom is -0.279 e. The van der Waals surface area contributed by atoms with Crippen LogP contribution in [0.2, 0.25) is 0 Å². The van der Waals surface area contributed by atoms with Crippen molar-refractivity contribution in [3.8, 4) is 17.1 Å². The van der Waals surface area contributed by atoms with Crippen LogP contribution in [-0.2, 0) is 6.42 Å². The molecule has 1 aromatic heterocycles. The molecular formula is C22H27N3. The first kappa shape index (κ1) is 17.4. The summed E-state index contributed by atoms with van der Waals surface area (Å²) in [5.74, 6) is 2.34. The lowest BCUT2D eigenvalue weighted by atomic mass is 10.0. The fraction of sp³-hybridized carbons (Fsp3) is 0.364. The van der Waals surface area contributed by atoms with Gasteiger partial charge in [0.15, 0.2) is 5.82 Å². The maximum atomic E-state index is 4.42. The number of rotatable bonds is 6. The van der Waals surface area contributed by atoms with Crippen LogP contribution in [0.4, 0.5) is 0 Å². The van der Waals surface area contributed by atoms with Crippen molar-refractivity contribution in [1.82, 2.24) is 14.8 Å². The molecule has 0 saturated carbocycles. The van der Waals surface area contributed by atoms with Crippen LogP contribution in [0.3, 0.4) is 0 Å². The molecule has 1 heterocycles. The first-order valence-corrected chi connectivity index (χ1v) is 9.21. The summed E-state index contributed by atoms with van der Waals surface area (Å²) >= 11 is 0. The van der Waals surface area contributed by atoms with E-state index in [0.29, 0.717) is 5.92 Å². The van der Waals surface area contributed by atoms with Gasteiger partial charge in [0.1, 0.15) is 5.82 Å². The lowest BCUT2D eigenvalue weighted by molar-refractivity contribution is 0.795. The zero-order valence-corrected chi connectivity index (χ0v) is 15.7. The standard InChI is InChI=1S/C22H27N3/c1-5-6-7-18-8-10-20(11-9-18)22-24-23-17(4)25(22)21-14-12-19(13-15-21)16(2)3/h8-16H,5-7H2,1-4H3. The Morgan fingerprint density at radius 3 is 2.20 bits per heavy atom. The second-order valence-corrected chi connectivity index (χ2v) is 6.95. The topological polar surface area (TPSA) is 30.7 Å². The molecule has 3 heteroatoms. The molecule has 0 N–H and O–H groups in total. The Kier molecular flexibility index (Phi) is 5.32. The van der Waals surface area contributed by atoms with E-state index in [4.69, 9.17) is 0 Å². The van der Waals surface area contributed by atoms with Gasteiger partial charge in [-0.3, -0.25) is 4.57 Å². The van der Waals surface area contributed by atoms with Gasteiger partial charge in [0.2, 0.25) is 0 Å². The Hall–Kier alpha value is -2.42. The second kappa shape index (κ2) is 7.64. The molecule has 3 aromatic rings. The van der Waals surface area contributed by atoms with Crippen molar-refractivity contribution < 1.29 is 0 Å². The van der Waals surface area contributed by atoms with Crippen molar-refractivity contribution in [3.05, 3.63) is 65.5 Å². The van der Waals surface area contributed by atoms with E-state index in [9.17, 15) is 0 Å². The summed E-state index contributed by atoms with van der Waals surface area (Å²) in [6.07, 6.45) is 3.59. The second-order valence-electron chi connectivity index (χ2n) is 6.95. The van der Waals surface area contributed by atoms with Gasteiger partial charge in [-0.2, -0.15) is 0 Å². The Balaban J connectivity index is 1.93. The fourth-order valence-corrected chi connectivity index (χ4v) is 3.07. The van der Waals surface area contributed by atoms with Crippen LogP contribution in [0.5, 0.6) is 0 Å². The summed E-state index contributed by atoms with van der Waals surface area (Å²) in [5, 5.41) is 8.74. The number of hydrogen-bond donors (Lipinski definition) is 0. The molecule has 0 unspecified atom stereocenters. The van der Waals surface area contributed by atoms with Crippen LogP contribution in [0, 0.1) is 6.92 Å². The smallest absolute Gasteiger partial charge is 0.168 e. The molecule has 0 aliphatic heterocycles. The molecule has 0 atom stereocenters. The van der Waals surface area contributed by atoms with E-state index in [1.54, 1.807) is 0 Å². The van der Waals surface area contributed by atoms with E-state index in [1.165, 1.54) is 24.0 Å². The minimum absolute atomic E-state index is 0.534. The molecule has 0 bridgehead atoms. The van der Waals surface area contributed by atoms with E-state index in [2.05, 4.69) is 84.1 Å². The van der Waals surface area contributed by atoms with Crippen LogP contribution >= 0.6 is 0 Å². The number of aryl methyl sites for hydroxylation is 2. The van der Waals surface area contributed by atoms with Crippen LogP contribution in [0.1, 0.15) is 56.5 Å². The summed E-state index contributed by atoms with van der Waals surface area (Å²) < 4.78 is 2.13. The van der Waals surface area contributed by atoms with Gasteiger partial charge in [-0.1, -0.05) is 63.6 Å².